The zero-order valence-electron chi connectivity index (χ0n) is 14.7. The molecular formula is C18H18N2O7. The van der Waals surface area contributed by atoms with Gasteiger partial charge in [0.15, 0.2) is 0 Å². The van der Waals surface area contributed by atoms with Gasteiger partial charge in [0.25, 0.3) is 0 Å². The van der Waals surface area contributed by atoms with Crippen LogP contribution < -0.4 is 10.5 Å². The van der Waals surface area contributed by atoms with Crippen molar-refractivity contribution in [3.05, 3.63) is 63.7 Å². The molecule has 27 heavy (non-hydrogen) atoms. The van der Waals surface area contributed by atoms with Crippen LogP contribution in [-0.4, -0.2) is 37.1 Å². The molecule has 142 valence electrons. The van der Waals surface area contributed by atoms with E-state index in [-0.39, 0.29) is 29.2 Å². The van der Waals surface area contributed by atoms with Gasteiger partial charge in [-0.3, -0.25) is 14.9 Å². The maximum atomic E-state index is 11.6. The number of ether oxygens (including phenoxy) is 3. The van der Waals surface area contributed by atoms with Crippen LogP contribution in [0.1, 0.15) is 15.9 Å². The molecule has 2 N–H and O–H groups in total. The minimum Gasteiger partial charge on any atom is -0.468 e. The molecule has 0 saturated carbocycles. The third-order valence-corrected chi connectivity index (χ3v) is 3.66. The summed E-state index contributed by atoms with van der Waals surface area (Å²) in [5.41, 5.74) is 6.12. The quantitative estimate of drug-likeness (QED) is 0.443. The summed E-state index contributed by atoms with van der Waals surface area (Å²) in [6, 6.07) is 9.38. The molecule has 0 aliphatic carbocycles. The Morgan fingerprint density at radius 2 is 1.89 bits per heavy atom. The second-order valence-corrected chi connectivity index (χ2v) is 5.51. The summed E-state index contributed by atoms with van der Waals surface area (Å²) >= 11 is 0. The molecule has 2 rings (SSSR count). The number of carbonyl (C=O) groups excluding carboxylic acids is 2. The Labute approximate surface area is 154 Å². The lowest BCUT2D eigenvalue weighted by Gasteiger charge is -2.11. The number of hydrogen-bond acceptors (Lipinski definition) is 8. The zero-order chi connectivity index (χ0) is 20.0. The second kappa shape index (κ2) is 8.77. The molecule has 0 fully saturated rings. The van der Waals surface area contributed by atoms with Gasteiger partial charge < -0.3 is 19.9 Å². The first kappa shape index (κ1) is 19.9. The van der Waals surface area contributed by atoms with Crippen molar-refractivity contribution in [1.29, 1.82) is 0 Å². The smallest absolute Gasteiger partial charge is 0.337 e. The number of carbonyl (C=O) groups is 2. The van der Waals surface area contributed by atoms with Crippen molar-refractivity contribution in [2.75, 3.05) is 14.2 Å². The number of benzene rings is 2. The minimum absolute atomic E-state index is 0.0163. The van der Waals surface area contributed by atoms with Crippen LogP contribution in [0.3, 0.4) is 0 Å². The van der Waals surface area contributed by atoms with Crippen LogP contribution in [0.5, 0.6) is 11.5 Å². The standard InChI is InChI=1S/C18H18N2O7/c1-25-17(21)12-4-3-5-13(10-12)27-16-7-6-11(9-15(16)20(23)24)8-14(19)18(22)26-2/h3-7,9-10,14H,8,19H2,1-2H3. The average molecular weight is 374 g/mol. The summed E-state index contributed by atoms with van der Waals surface area (Å²) < 4.78 is 14.7. The molecule has 0 bridgehead atoms. The lowest BCUT2D eigenvalue weighted by Crippen LogP contribution is -2.33. The molecule has 0 aliphatic rings. The topological polar surface area (TPSA) is 131 Å². The maximum Gasteiger partial charge on any atom is 0.337 e. The van der Waals surface area contributed by atoms with E-state index in [2.05, 4.69) is 9.47 Å². The molecule has 0 amide bonds. The highest BCUT2D eigenvalue weighted by Crippen LogP contribution is 2.32. The van der Waals surface area contributed by atoms with E-state index >= 15 is 0 Å². The van der Waals surface area contributed by atoms with Crippen molar-refractivity contribution in [3.8, 4) is 11.5 Å². The van der Waals surface area contributed by atoms with Gasteiger partial charge in [-0.25, -0.2) is 4.79 Å². The SMILES string of the molecule is COC(=O)c1cccc(Oc2ccc(CC(N)C(=O)OC)cc2[N+](=O)[O-])c1. The van der Waals surface area contributed by atoms with Crippen molar-refractivity contribution in [2.45, 2.75) is 12.5 Å². The summed E-state index contributed by atoms with van der Waals surface area (Å²) in [6.45, 7) is 0. The van der Waals surface area contributed by atoms with Gasteiger partial charge in [0.05, 0.1) is 24.7 Å². The first-order valence-corrected chi connectivity index (χ1v) is 7.82. The van der Waals surface area contributed by atoms with E-state index in [1.807, 2.05) is 0 Å². The highest BCUT2D eigenvalue weighted by atomic mass is 16.6. The Morgan fingerprint density at radius 3 is 2.52 bits per heavy atom. The second-order valence-electron chi connectivity index (χ2n) is 5.51. The predicted molar refractivity (Wildman–Crippen MR) is 94.6 cm³/mol. The third kappa shape index (κ3) is 5.02. The Bertz CT molecular complexity index is 867. The van der Waals surface area contributed by atoms with Crippen molar-refractivity contribution in [1.82, 2.24) is 0 Å². The van der Waals surface area contributed by atoms with Crippen LogP contribution >= 0.6 is 0 Å². The molecule has 0 spiro atoms. The molecule has 1 atom stereocenters. The molecule has 2 aromatic rings. The molecule has 0 saturated heterocycles. The van der Waals surface area contributed by atoms with Crippen LogP contribution in [0.15, 0.2) is 42.5 Å². The van der Waals surface area contributed by atoms with Gasteiger partial charge >= 0.3 is 17.6 Å². The summed E-state index contributed by atoms with van der Waals surface area (Å²) in [6.07, 6.45) is 0.0750. The molecule has 0 aliphatic heterocycles. The van der Waals surface area contributed by atoms with E-state index in [1.165, 1.54) is 38.5 Å². The molecule has 1 unspecified atom stereocenters. The van der Waals surface area contributed by atoms with Crippen molar-refractivity contribution < 1.29 is 28.7 Å². The first-order chi connectivity index (χ1) is 12.8. The van der Waals surface area contributed by atoms with Crippen LogP contribution in [0.25, 0.3) is 0 Å². The van der Waals surface area contributed by atoms with E-state index in [0.717, 1.165) is 0 Å². The summed E-state index contributed by atoms with van der Waals surface area (Å²) in [4.78, 5) is 33.8. The monoisotopic (exact) mass is 374 g/mol. The normalized spacial score (nSPS) is 11.4. The van der Waals surface area contributed by atoms with Crippen molar-refractivity contribution >= 4 is 17.6 Å². The van der Waals surface area contributed by atoms with Gasteiger partial charge in [-0.1, -0.05) is 12.1 Å². The molecule has 2 aromatic carbocycles. The Kier molecular flexibility index (Phi) is 6.45. The predicted octanol–water partition coefficient (Wildman–Crippen LogP) is 2.22. The molecule has 0 radical (unpaired) electrons. The van der Waals surface area contributed by atoms with Gasteiger partial charge in [0, 0.05) is 6.07 Å². The van der Waals surface area contributed by atoms with Crippen molar-refractivity contribution in [3.63, 3.8) is 0 Å². The summed E-state index contributed by atoms with van der Waals surface area (Å²) in [5, 5.41) is 11.4. The van der Waals surface area contributed by atoms with Gasteiger partial charge in [-0.05, 0) is 36.2 Å². The summed E-state index contributed by atoms with van der Waals surface area (Å²) in [7, 11) is 2.46. The Morgan fingerprint density at radius 1 is 1.15 bits per heavy atom. The fourth-order valence-corrected chi connectivity index (χ4v) is 2.34. The van der Waals surface area contributed by atoms with Gasteiger partial charge in [0.1, 0.15) is 11.8 Å². The lowest BCUT2D eigenvalue weighted by molar-refractivity contribution is -0.385. The van der Waals surface area contributed by atoms with E-state index in [9.17, 15) is 19.7 Å². The summed E-state index contributed by atoms with van der Waals surface area (Å²) in [5.74, 6) is -0.947. The maximum absolute atomic E-state index is 11.6. The van der Waals surface area contributed by atoms with Gasteiger partial charge in [-0.2, -0.15) is 0 Å². The number of rotatable bonds is 7. The number of esters is 2. The van der Waals surface area contributed by atoms with Crippen LogP contribution in [-0.2, 0) is 20.7 Å². The molecule has 0 aromatic heterocycles. The number of nitro benzene ring substituents is 1. The van der Waals surface area contributed by atoms with Crippen molar-refractivity contribution in [2.24, 2.45) is 5.73 Å². The van der Waals surface area contributed by atoms with E-state index in [4.69, 9.17) is 10.5 Å². The number of nitrogens with two attached hydrogens (primary N) is 1. The molecular weight excluding hydrogens is 356 g/mol. The average Bonchev–Trinajstić information content (AvgIpc) is 2.67. The van der Waals surface area contributed by atoms with Gasteiger partial charge in [0.2, 0.25) is 5.75 Å². The van der Waals surface area contributed by atoms with E-state index < -0.39 is 22.9 Å². The highest BCUT2D eigenvalue weighted by Gasteiger charge is 2.20. The van der Waals surface area contributed by atoms with Crippen LogP contribution in [0.2, 0.25) is 0 Å². The minimum atomic E-state index is -0.932. The Hall–Kier alpha value is -3.46. The molecule has 0 heterocycles. The molecule has 9 nitrogen and oxygen atoms in total. The lowest BCUT2D eigenvalue weighted by atomic mass is 10.1. The number of methoxy groups -OCH3 is 2. The fraction of sp³-hybridized carbons (Fsp3) is 0.222. The fourth-order valence-electron chi connectivity index (χ4n) is 2.34. The zero-order valence-corrected chi connectivity index (χ0v) is 14.7. The van der Waals surface area contributed by atoms with E-state index in [1.54, 1.807) is 18.2 Å². The number of hydrogen-bond donors (Lipinski definition) is 1. The highest BCUT2D eigenvalue weighted by molar-refractivity contribution is 5.89. The van der Waals surface area contributed by atoms with Gasteiger partial charge in [-0.15, -0.1) is 0 Å². The number of nitrogens with zero attached hydrogens (tertiary/aromatic N) is 1. The largest absolute Gasteiger partial charge is 0.468 e. The first-order valence-electron chi connectivity index (χ1n) is 7.82. The molecule has 9 heteroatoms. The van der Waals surface area contributed by atoms with Crippen LogP contribution in [0, 0.1) is 10.1 Å². The third-order valence-electron chi connectivity index (χ3n) is 3.66. The number of nitro groups is 1. The van der Waals surface area contributed by atoms with Crippen LogP contribution in [0.4, 0.5) is 5.69 Å². The Balaban J connectivity index is 2.28. The van der Waals surface area contributed by atoms with E-state index in [0.29, 0.717) is 5.56 Å².